The van der Waals surface area contributed by atoms with Crippen LogP contribution < -0.4 is 19.7 Å². The summed E-state index contributed by atoms with van der Waals surface area (Å²) in [7, 11) is 1.49. The fourth-order valence-electron chi connectivity index (χ4n) is 3.43. The number of esters is 1. The summed E-state index contributed by atoms with van der Waals surface area (Å²) in [6, 6.07) is 17.1. The molecule has 0 spiro atoms. The van der Waals surface area contributed by atoms with E-state index in [2.05, 4.69) is 21.2 Å². The van der Waals surface area contributed by atoms with Crippen LogP contribution in [0.1, 0.15) is 21.5 Å². The Morgan fingerprint density at radius 1 is 1.00 bits per heavy atom. The van der Waals surface area contributed by atoms with Gasteiger partial charge in [0, 0.05) is 10.0 Å². The average molecular weight is 535 g/mol. The minimum absolute atomic E-state index is 0.140. The highest BCUT2D eigenvalue weighted by Crippen LogP contribution is 2.29. The maximum absolute atomic E-state index is 13.2. The lowest BCUT2D eigenvalue weighted by atomic mass is 10.1. The maximum Gasteiger partial charge on any atom is 0.343 e. The molecule has 176 valence electrons. The molecule has 1 heterocycles. The molecule has 0 unspecified atom stereocenters. The molecular formula is C26H19BrN2O6. The van der Waals surface area contributed by atoms with Crippen molar-refractivity contribution in [3.8, 4) is 11.5 Å². The van der Waals surface area contributed by atoms with E-state index in [9.17, 15) is 19.2 Å². The van der Waals surface area contributed by atoms with Crippen LogP contribution in [0.3, 0.4) is 0 Å². The van der Waals surface area contributed by atoms with Crippen LogP contribution in [0, 0.1) is 6.92 Å². The SMILES string of the molecule is COc1ccc(N2C(=O)NC(=O)/C(=C/c3cc(Br)ccc3OC(=O)c3cccc(C)c3)C2=O)cc1. The third-order valence-electron chi connectivity index (χ3n) is 5.16. The topological polar surface area (TPSA) is 102 Å². The molecule has 0 aliphatic carbocycles. The smallest absolute Gasteiger partial charge is 0.343 e. The Labute approximate surface area is 209 Å². The molecule has 0 atom stereocenters. The summed E-state index contributed by atoms with van der Waals surface area (Å²) in [5, 5.41) is 2.17. The molecule has 4 amide bonds. The van der Waals surface area contributed by atoms with Gasteiger partial charge >= 0.3 is 12.0 Å². The highest BCUT2D eigenvalue weighted by molar-refractivity contribution is 9.10. The number of amides is 4. The van der Waals surface area contributed by atoms with Crippen molar-refractivity contribution in [3.63, 3.8) is 0 Å². The average Bonchev–Trinajstić information content (AvgIpc) is 2.83. The summed E-state index contributed by atoms with van der Waals surface area (Å²) in [6.07, 6.45) is 1.28. The summed E-state index contributed by atoms with van der Waals surface area (Å²) in [6.45, 7) is 1.86. The highest BCUT2D eigenvalue weighted by Gasteiger charge is 2.37. The Kier molecular flexibility index (Phi) is 6.79. The van der Waals surface area contributed by atoms with Crippen LogP contribution in [0.4, 0.5) is 10.5 Å². The third kappa shape index (κ3) is 5.15. The second-order valence-electron chi connectivity index (χ2n) is 7.60. The number of nitrogens with one attached hydrogen (secondary N) is 1. The zero-order chi connectivity index (χ0) is 25.1. The lowest BCUT2D eigenvalue weighted by Crippen LogP contribution is -2.54. The van der Waals surface area contributed by atoms with E-state index < -0.39 is 23.8 Å². The second-order valence-corrected chi connectivity index (χ2v) is 8.51. The fourth-order valence-corrected chi connectivity index (χ4v) is 3.81. The minimum atomic E-state index is -0.873. The van der Waals surface area contributed by atoms with Crippen LogP contribution in [-0.4, -0.2) is 30.9 Å². The molecule has 9 heteroatoms. The molecule has 8 nitrogen and oxygen atoms in total. The number of carbonyl (C=O) groups excluding carboxylic acids is 4. The third-order valence-corrected chi connectivity index (χ3v) is 5.65. The van der Waals surface area contributed by atoms with Gasteiger partial charge < -0.3 is 9.47 Å². The van der Waals surface area contributed by atoms with Gasteiger partial charge in [0.1, 0.15) is 17.1 Å². The molecule has 3 aromatic carbocycles. The molecule has 35 heavy (non-hydrogen) atoms. The van der Waals surface area contributed by atoms with Crippen molar-refractivity contribution in [2.45, 2.75) is 6.92 Å². The van der Waals surface area contributed by atoms with Crippen molar-refractivity contribution in [1.29, 1.82) is 0 Å². The van der Waals surface area contributed by atoms with Crippen LogP contribution in [0.25, 0.3) is 6.08 Å². The number of carbonyl (C=O) groups is 4. The number of barbiturate groups is 1. The van der Waals surface area contributed by atoms with Crippen molar-refractivity contribution in [2.75, 3.05) is 12.0 Å². The lowest BCUT2D eigenvalue weighted by Gasteiger charge is -2.26. The Morgan fingerprint density at radius 3 is 2.43 bits per heavy atom. The van der Waals surface area contributed by atoms with Gasteiger partial charge in [-0.1, -0.05) is 33.6 Å². The van der Waals surface area contributed by atoms with Crippen LogP contribution in [0.15, 0.2) is 76.8 Å². The zero-order valence-corrected chi connectivity index (χ0v) is 20.3. The predicted octanol–water partition coefficient (Wildman–Crippen LogP) is 4.65. The quantitative estimate of drug-likeness (QED) is 0.221. The largest absolute Gasteiger partial charge is 0.497 e. The fraction of sp³-hybridized carbons (Fsp3) is 0.0769. The van der Waals surface area contributed by atoms with Crippen LogP contribution in [0.2, 0.25) is 0 Å². The first-order valence-electron chi connectivity index (χ1n) is 10.4. The van der Waals surface area contributed by atoms with E-state index in [4.69, 9.17) is 9.47 Å². The number of benzene rings is 3. The van der Waals surface area contributed by atoms with Gasteiger partial charge in [-0.15, -0.1) is 0 Å². The van der Waals surface area contributed by atoms with Crippen LogP contribution in [-0.2, 0) is 9.59 Å². The minimum Gasteiger partial charge on any atom is -0.497 e. The van der Waals surface area contributed by atoms with E-state index in [1.807, 2.05) is 13.0 Å². The number of nitrogens with zero attached hydrogens (tertiary/aromatic N) is 1. The number of anilines is 1. The van der Waals surface area contributed by atoms with E-state index in [-0.39, 0.29) is 17.0 Å². The van der Waals surface area contributed by atoms with Gasteiger partial charge in [0.05, 0.1) is 18.4 Å². The number of urea groups is 1. The zero-order valence-electron chi connectivity index (χ0n) is 18.7. The number of methoxy groups -OCH3 is 1. The Balaban J connectivity index is 1.69. The molecule has 0 radical (unpaired) electrons. The number of hydrogen-bond donors (Lipinski definition) is 1. The van der Waals surface area contributed by atoms with Gasteiger partial charge in [-0.3, -0.25) is 14.9 Å². The number of halogens is 1. The first-order valence-corrected chi connectivity index (χ1v) is 11.2. The Morgan fingerprint density at radius 2 is 1.74 bits per heavy atom. The van der Waals surface area contributed by atoms with Gasteiger partial charge in [0.15, 0.2) is 0 Å². The van der Waals surface area contributed by atoms with E-state index in [0.717, 1.165) is 10.5 Å². The van der Waals surface area contributed by atoms with Crippen molar-refractivity contribution < 1.29 is 28.7 Å². The molecule has 1 N–H and O–H groups in total. The molecule has 1 aliphatic rings. The van der Waals surface area contributed by atoms with Gasteiger partial charge in [-0.2, -0.15) is 0 Å². The van der Waals surface area contributed by atoms with E-state index in [0.29, 0.717) is 21.3 Å². The number of rotatable bonds is 5. The molecule has 3 aromatic rings. The molecule has 0 saturated carbocycles. The summed E-state index contributed by atoms with van der Waals surface area (Å²) in [4.78, 5) is 51.8. The van der Waals surface area contributed by atoms with Crippen molar-refractivity contribution in [2.24, 2.45) is 0 Å². The normalized spacial score (nSPS) is 14.7. The molecule has 0 bridgehead atoms. The second kappa shape index (κ2) is 9.94. The summed E-state index contributed by atoms with van der Waals surface area (Å²) < 4.78 is 11.3. The number of aryl methyl sites for hydroxylation is 1. The van der Waals surface area contributed by atoms with Crippen molar-refractivity contribution >= 4 is 51.5 Å². The van der Waals surface area contributed by atoms with E-state index in [1.54, 1.807) is 48.5 Å². The first-order chi connectivity index (χ1) is 16.8. The van der Waals surface area contributed by atoms with Crippen molar-refractivity contribution in [3.05, 3.63) is 93.5 Å². The molecule has 0 aromatic heterocycles. The summed E-state index contributed by atoms with van der Waals surface area (Å²) in [5.41, 5.74) is 1.50. The van der Waals surface area contributed by atoms with E-state index >= 15 is 0 Å². The standard InChI is InChI=1S/C26H19BrN2O6/c1-15-4-3-5-16(12-15)25(32)35-22-11-6-18(27)13-17(22)14-21-23(30)28-26(33)29(24(21)31)19-7-9-20(34-2)10-8-19/h3-14H,1-2H3,(H,28,30,33)/b21-14-. The van der Waals surface area contributed by atoms with Crippen LogP contribution in [0.5, 0.6) is 11.5 Å². The highest BCUT2D eigenvalue weighted by atomic mass is 79.9. The molecule has 1 fully saturated rings. The molecule has 1 aliphatic heterocycles. The number of hydrogen-bond acceptors (Lipinski definition) is 6. The Hall–Kier alpha value is -4.24. The molecule has 1 saturated heterocycles. The monoisotopic (exact) mass is 534 g/mol. The summed E-state index contributed by atoms with van der Waals surface area (Å²) >= 11 is 3.35. The summed E-state index contributed by atoms with van der Waals surface area (Å²) in [5.74, 6) is -1.59. The maximum atomic E-state index is 13.2. The lowest BCUT2D eigenvalue weighted by molar-refractivity contribution is -0.122. The number of imide groups is 2. The van der Waals surface area contributed by atoms with Gasteiger partial charge in [0.25, 0.3) is 11.8 Å². The van der Waals surface area contributed by atoms with Gasteiger partial charge in [-0.05, 0) is 67.6 Å². The van der Waals surface area contributed by atoms with Crippen LogP contribution >= 0.6 is 15.9 Å². The molecular weight excluding hydrogens is 516 g/mol. The molecule has 4 rings (SSSR count). The Bertz CT molecular complexity index is 1380. The van der Waals surface area contributed by atoms with Gasteiger partial charge in [-0.25, -0.2) is 14.5 Å². The van der Waals surface area contributed by atoms with Crippen molar-refractivity contribution in [1.82, 2.24) is 5.32 Å². The van der Waals surface area contributed by atoms with E-state index in [1.165, 1.54) is 25.3 Å². The predicted molar refractivity (Wildman–Crippen MR) is 132 cm³/mol. The van der Waals surface area contributed by atoms with Gasteiger partial charge in [0.2, 0.25) is 0 Å². The number of ether oxygens (including phenoxy) is 2. The first kappa shape index (κ1) is 23.9.